The van der Waals surface area contributed by atoms with Gasteiger partial charge in [-0.3, -0.25) is 10.1 Å². The average Bonchev–Trinajstić information content (AvgIpc) is 3.35. The molecule has 34 heavy (non-hydrogen) atoms. The number of rotatable bonds is 5. The first-order valence-corrected chi connectivity index (χ1v) is 11.5. The number of hydrogen-bond acceptors (Lipinski definition) is 5. The molecular weight excluding hydrogens is 452 g/mol. The molecule has 1 aliphatic heterocycles. The topological polar surface area (TPSA) is 95.2 Å². The van der Waals surface area contributed by atoms with Crippen LogP contribution in [0.5, 0.6) is 5.75 Å². The molecule has 2 unspecified atom stereocenters. The van der Waals surface area contributed by atoms with E-state index in [2.05, 4.69) is 36.8 Å². The Labute approximate surface area is 202 Å². The fraction of sp³-hybridized carbons (Fsp3) is 0.240. The number of carbonyl (C=O) groups excluding carboxylic acids is 1. The van der Waals surface area contributed by atoms with Gasteiger partial charge in [-0.15, -0.1) is 0 Å². The molecule has 5 rings (SSSR count). The van der Waals surface area contributed by atoms with Gasteiger partial charge in [-0.1, -0.05) is 23.7 Å². The maximum absolute atomic E-state index is 12.8. The number of halogens is 1. The van der Waals surface area contributed by atoms with Gasteiger partial charge < -0.3 is 20.3 Å². The van der Waals surface area contributed by atoms with Crippen LogP contribution in [0.2, 0.25) is 5.02 Å². The first-order chi connectivity index (χ1) is 16.6. The molecule has 4 aromatic rings. The van der Waals surface area contributed by atoms with Crippen LogP contribution in [0.1, 0.15) is 18.0 Å². The van der Waals surface area contributed by atoms with Gasteiger partial charge in [0.1, 0.15) is 5.75 Å². The van der Waals surface area contributed by atoms with E-state index in [1.165, 1.54) is 0 Å². The highest BCUT2D eigenvalue weighted by Crippen LogP contribution is 2.33. The normalized spacial score (nSPS) is 18.0. The van der Waals surface area contributed by atoms with Gasteiger partial charge in [0.05, 0.1) is 30.7 Å². The Morgan fingerprint density at radius 2 is 2.00 bits per heavy atom. The minimum atomic E-state index is -0.255. The van der Waals surface area contributed by atoms with Crippen molar-refractivity contribution in [2.45, 2.75) is 18.4 Å². The third-order valence-corrected chi connectivity index (χ3v) is 6.45. The van der Waals surface area contributed by atoms with Gasteiger partial charge in [0, 0.05) is 46.8 Å². The Kier molecular flexibility index (Phi) is 6.22. The number of piperidine rings is 1. The molecule has 0 saturated carbocycles. The van der Waals surface area contributed by atoms with E-state index >= 15 is 0 Å². The van der Waals surface area contributed by atoms with E-state index in [4.69, 9.17) is 16.3 Å². The summed E-state index contributed by atoms with van der Waals surface area (Å²) < 4.78 is 5.28. The zero-order valence-corrected chi connectivity index (χ0v) is 19.4. The van der Waals surface area contributed by atoms with Crippen molar-refractivity contribution in [3.8, 4) is 5.75 Å². The van der Waals surface area contributed by atoms with E-state index in [1.807, 2.05) is 30.5 Å². The molecule has 2 aromatic heterocycles. The summed E-state index contributed by atoms with van der Waals surface area (Å²) in [6.45, 7) is 1.49. The Balaban J connectivity index is 1.38. The number of benzene rings is 2. The van der Waals surface area contributed by atoms with E-state index in [0.29, 0.717) is 23.0 Å². The Bertz CT molecular complexity index is 1270. The number of pyridine rings is 1. The molecule has 1 aliphatic rings. The molecule has 0 radical (unpaired) electrons. The summed E-state index contributed by atoms with van der Waals surface area (Å²) in [4.78, 5) is 19.8. The Hall–Kier alpha value is -3.78. The van der Waals surface area contributed by atoms with Gasteiger partial charge in [-0.2, -0.15) is 5.10 Å². The molecule has 2 amide bonds. The summed E-state index contributed by atoms with van der Waals surface area (Å²) in [6.07, 6.45) is 4.31. The minimum Gasteiger partial charge on any atom is -0.495 e. The van der Waals surface area contributed by atoms with Crippen LogP contribution in [-0.2, 0) is 0 Å². The van der Waals surface area contributed by atoms with Crippen LogP contribution in [0.15, 0.2) is 67.0 Å². The van der Waals surface area contributed by atoms with Crippen LogP contribution in [-0.4, -0.2) is 47.5 Å². The number of urea groups is 1. The van der Waals surface area contributed by atoms with Crippen LogP contribution in [0.25, 0.3) is 10.9 Å². The Morgan fingerprint density at radius 3 is 2.76 bits per heavy atom. The fourth-order valence-corrected chi connectivity index (χ4v) is 4.59. The van der Waals surface area contributed by atoms with Crippen LogP contribution >= 0.6 is 11.6 Å². The van der Waals surface area contributed by atoms with Gasteiger partial charge in [-0.25, -0.2) is 4.79 Å². The fourth-order valence-electron chi connectivity index (χ4n) is 4.46. The number of amides is 2. The number of aromatic amines is 1. The van der Waals surface area contributed by atoms with Crippen molar-refractivity contribution in [3.05, 3.63) is 77.7 Å². The quantitative estimate of drug-likeness (QED) is 0.384. The first-order valence-electron chi connectivity index (χ1n) is 11.1. The van der Waals surface area contributed by atoms with E-state index in [1.54, 1.807) is 37.6 Å². The lowest BCUT2D eigenvalue weighted by Crippen LogP contribution is -2.51. The summed E-state index contributed by atoms with van der Waals surface area (Å²) in [5.74, 6) is 0.678. The van der Waals surface area contributed by atoms with E-state index in [-0.39, 0.29) is 18.0 Å². The molecule has 1 saturated heterocycles. The van der Waals surface area contributed by atoms with E-state index in [9.17, 15) is 4.79 Å². The number of carbonyl (C=O) groups is 1. The first kappa shape index (κ1) is 22.0. The van der Waals surface area contributed by atoms with Gasteiger partial charge in [0.2, 0.25) is 0 Å². The standard InChI is InChI=1S/C25H25ClN6O2/c1-34-19-9-10-21(27-14-19)20-15-32(23-4-2-3-16-13-28-31-24(16)23)12-11-22(20)30-25(33)29-18-7-5-17(26)6-8-18/h2-10,13-14,20,22H,11-12,15H2,1H3,(H,28,31)(H2,29,30,33). The number of anilines is 2. The number of ether oxygens (including phenoxy) is 1. The van der Waals surface area contributed by atoms with Gasteiger partial charge in [0.25, 0.3) is 0 Å². The molecule has 2 atom stereocenters. The number of nitrogens with zero attached hydrogens (tertiary/aromatic N) is 3. The van der Waals surface area contributed by atoms with Gasteiger partial charge >= 0.3 is 6.03 Å². The second-order valence-corrected chi connectivity index (χ2v) is 8.72. The van der Waals surface area contributed by atoms with Crippen LogP contribution in [0.4, 0.5) is 16.2 Å². The highest BCUT2D eigenvalue weighted by Gasteiger charge is 2.33. The van der Waals surface area contributed by atoms with Crippen molar-refractivity contribution < 1.29 is 9.53 Å². The predicted molar refractivity (Wildman–Crippen MR) is 134 cm³/mol. The Morgan fingerprint density at radius 1 is 1.15 bits per heavy atom. The molecule has 0 aliphatic carbocycles. The third-order valence-electron chi connectivity index (χ3n) is 6.20. The molecule has 0 bridgehead atoms. The van der Waals surface area contributed by atoms with Crippen molar-refractivity contribution in [2.75, 3.05) is 30.4 Å². The number of hydrogen-bond donors (Lipinski definition) is 3. The number of para-hydroxylation sites is 1. The summed E-state index contributed by atoms with van der Waals surface area (Å²) in [6, 6.07) is 16.7. The lowest BCUT2D eigenvalue weighted by atomic mass is 9.88. The molecule has 2 aromatic carbocycles. The number of methoxy groups -OCH3 is 1. The predicted octanol–water partition coefficient (Wildman–Crippen LogP) is 4.80. The number of aromatic nitrogens is 3. The lowest BCUT2D eigenvalue weighted by Gasteiger charge is -2.40. The van der Waals surface area contributed by atoms with Gasteiger partial charge in [0.15, 0.2) is 0 Å². The maximum atomic E-state index is 12.8. The van der Waals surface area contributed by atoms with Crippen LogP contribution in [0.3, 0.4) is 0 Å². The molecule has 3 heterocycles. The largest absolute Gasteiger partial charge is 0.495 e. The second-order valence-electron chi connectivity index (χ2n) is 8.29. The summed E-state index contributed by atoms with van der Waals surface area (Å²) in [5, 5.41) is 15.1. The SMILES string of the molecule is COc1ccc(C2CN(c3cccc4cn[nH]c34)CCC2NC(=O)Nc2ccc(Cl)cc2)nc1. The zero-order chi connectivity index (χ0) is 23.5. The molecule has 174 valence electrons. The van der Waals surface area contributed by atoms with E-state index < -0.39 is 0 Å². The summed E-state index contributed by atoms with van der Waals surface area (Å²) >= 11 is 5.95. The number of H-pyrrole nitrogens is 1. The highest BCUT2D eigenvalue weighted by molar-refractivity contribution is 6.30. The zero-order valence-electron chi connectivity index (χ0n) is 18.7. The van der Waals surface area contributed by atoms with Crippen LogP contribution < -0.4 is 20.3 Å². The molecular formula is C25H25ClN6O2. The van der Waals surface area contributed by atoms with Crippen molar-refractivity contribution in [1.29, 1.82) is 0 Å². The van der Waals surface area contributed by atoms with Crippen molar-refractivity contribution in [1.82, 2.24) is 20.5 Å². The third kappa shape index (κ3) is 4.63. The number of fused-ring (bicyclic) bond motifs is 1. The maximum Gasteiger partial charge on any atom is 0.319 e. The summed E-state index contributed by atoms with van der Waals surface area (Å²) in [5.41, 5.74) is 3.69. The average molecular weight is 477 g/mol. The monoisotopic (exact) mass is 476 g/mol. The summed E-state index contributed by atoms with van der Waals surface area (Å²) in [7, 11) is 1.62. The molecule has 8 nitrogen and oxygen atoms in total. The van der Waals surface area contributed by atoms with E-state index in [0.717, 1.165) is 35.2 Å². The van der Waals surface area contributed by atoms with Crippen molar-refractivity contribution >= 4 is 39.9 Å². The lowest BCUT2D eigenvalue weighted by molar-refractivity contribution is 0.243. The van der Waals surface area contributed by atoms with Crippen LogP contribution in [0, 0.1) is 0 Å². The molecule has 9 heteroatoms. The van der Waals surface area contributed by atoms with Crippen molar-refractivity contribution in [2.24, 2.45) is 0 Å². The minimum absolute atomic E-state index is 0.0196. The van der Waals surface area contributed by atoms with Gasteiger partial charge in [-0.05, 0) is 48.9 Å². The highest BCUT2D eigenvalue weighted by atomic mass is 35.5. The molecule has 1 fully saturated rings. The smallest absolute Gasteiger partial charge is 0.319 e. The second kappa shape index (κ2) is 9.61. The molecule has 3 N–H and O–H groups in total. The number of nitrogens with one attached hydrogen (secondary N) is 3. The molecule has 0 spiro atoms. The van der Waals surface area contributed by atoms with Crippen molar-refractivity contribution in [3.63, 3.8) is 0 Å².